The Morgan fingerprint density at radius 1 is 0.821 bits per heavy atom. The van der Waals surface area contributed by atoms with Crippen molar-refractivity contribution in [1.82, 2.24) is 9.97 Å². The third-order valence-corrected chi connectivity index (χ3v) is 4.44. The number of aromatic nitrogens is 2. The van der Waals surface area contributed by atoms with Crippen LogP contribution in [-0.4, -0.2) is 20.9 Å². The number of phenolic OH excluding ortho intramolecular Hbond substituents is 1. The Morgan fingerprint density at radius 2 is 1.57 bits per heavy atom. The molecule has 1 heterocycles. The number of aromatic hydroxyl groups is 1. The zero-order chi connectivity index (χ0) is 19.5. The molecular formula is C23H17N3O2. The van der Waals surface area contributed by atoms with Crippen molar-refractivity contribution in [2.75, 3.05) is 5.73 Å². The van der Waals surface area contributed by atoms with E-state index in [0.717, 1.165) is 11.1 Å². The Kier molecular flexibility index (Phi) is 4.56. The first-order valence-corrected chi connectivity index (χ1v) is 8.74. The SMILES string of the molecule is Nc1nccc(-c2cc(C(=O)c3cccc(-c4ccccc4)c3)ccc2O)n1. The zero-order valence-electron chi connectivity index (χ0n) is 14.9. The Labute approximate surface area is 162 Å². The molecule has 4 rings (SSSR count). The van der Waals surface area contributed by atoms with Gasteiger partial charge in [0.15, 0.2) is 5.78 Å². The van der Waals surface area contributed by atoms with Gasteiger partial charge in [-0.3, -0.25) is 4.79 Å². The molecule has 0 aliphatic heterocycles. The van der Waals surface area contributed by atoms with Crippen LogP contribution in [0.1, 0.15) is 15.9 Å². The summed E-state index contributed by atoms with van der Waals surface area (Å²) >= 11 is 0. The molecule has 0 unspecified atom stereocenters. The second kappa shape index (κ2) is 7.32. The van der Waals surface area contributed by atoms with Gasteiger partial charge >= 0.3 is 0 Å². The van der Waals surface area contributed by atoms with Crippen LogP contribution in [0.3, 0.4) is 0 Å². The summed E-state index contributed by atoms with van der Waals surface area (Å²) in [4.78, 5) is 21.0. The molecule has 0 spiro atoms. The third-order valence-electron chi connectivity index (χ3n) is 4.44. The summed E-state index contributed by atoms with van der Waals surface area (Å²) in [5.74, 6) is -0.0158. The van der Waals surface area contributed by atoms with Gasteiger partial charge in [0, 0.05) is 22.9 Å². The fraction of sp³-hybridized carbons (Fsp3) is 0. The molecule has 3 aromatic carbocycles. The highest BCUT2D eigenvalue weighted by atomic mass is 16.3. The van der Waals surface area contributed by atoms with Crippen molar-refractivity contribution in [2.45, 2.75) is 0 Å². The van der Waals surface area contributed by atoms with E-state index in [2.05, 4.69) is 9.97 Å². The quantitative estimate of drug-likeness (QED) is 0.524. The van der Waals surface area contributed by atoms with Crippen molar-refractivity contribution in [1.29, 1.82) is 0 Å². The topological polar surface area (TPSA) is 89.1 Å². The molecule has 0 aliphatic carbocycles. The number of rotatable bonds is 4. The lowest BCUT2D eigenvalue weighted by Crippen LogP contribution is -2.02. The fourth-order valence-corrected chi connectivity index (χ4v) is 3.04. The summed E-state index contributed by atoms with van der Waals surface area (Å²) in [5, 5.41) is 10.2. The first-order valence-electron chi connectivity index (χ1n) is 8.74. The van der Waals surface area contributed by atoms with Gasteiger partial charge in [0.2, 0.25) is 5.95 Å². The van der Waals surface area contributed by atoms with E-state index >= 15 is 0 Å². The number of nitrogens with zero attached hydrogens (tertiary/aromatic N) is 2. The minimum atomic E-state index is -0.138. The van der Waals surface area contributed by atoms with Gasteiger partial charge in [-0.15, -0.1) is 0 Å². The van der Waals surface area contributed by atoms with Crippen LogP contribution in [0.5, 0.6) is 5.75 Å². The summed E-state index contributed by atoms with van der Waals surface area (Å²) in [6, 6.07) is 23.7. The molecule has 1 aromatic heterocycles. The lowest BCUT2D eigenvalue weighted by Gasteiger charge is -2.09. The maximum Gasteiger partial charge on any atom is 0.220 e. The Bertz CT molecular complexity index is 1160. The lowest BCUT2D eigenvalue weighted by atomic mass is 9.96. The normalized spacial score (nSPS) is 10.6. The lowest BCUT2D eigenvalue weighted by molar-refractivity contribution is 0.103. The van der Waals surface area contributed by atoms with Gasteiger partial charge in [0.05, 0.1) is 5.69 Å². The van der Waals surface area contributed by atoms with Crippen LogP contribution in [0, 0.1) is 0 Å². The summed E-state index contributed by atoms with van der Waals surface area (Å²) in [6.07, 6.45) is 1.51. The highest BCUT2D eigenvalue weighted by Gasteiger charge is 2.14. The average molecular weight is 367 g/mol. The van der Waals surface area contributed by atoms with E-state index < -0.39 is 0 Å². The monoisotopic (exact) mass is 367 g/mol. The first-order chi connectivity index (χ1) is 13.6. The van der Waals surface area contributed by atoms with Gasteiger partial charge in [-0.1, -0.05) is 48.5 Å². The predicted molar refractivity (Wildman–Crippen MR) is 109 cm³/mol. The number of carbonyl (C=O) groups excluding carboxylic acids is 1. The maximum atomic E-state index is 13.1. The number of anilines is 1. The molecule has 4 aromatic rings. The standard InChI is InChI=1S/C23H17N3O2/c24-23-25-12-11-20(26-23)19-14-18(9-10-21(19)27)22(28)17-8-4-7-16(13-17)15-5-2-1-3-6-15/h1-14,27H,(H2,24,25,26). The molecule has 0 amide bonds. The van der Waals surface area contributed by atoms with Gasteiger partial charge in [0.25, 0.3) is 0 Å². The molecule has 0 saturated heterocycles. The molecule has 0 atom stereocenters. The summed E-state index contributed by atoms with van der Waals surface area (Å²) in [5.41, 5.74) is 9.55. The molecule has 5 nitrogen and oxygen atoms in total. The average Bonchev–Trinajstić information content (AvgIpc) is 2.74. The second-order valence-electron chi connectivity index (χ2n) is 6.31. The number of phenols is 1. The maximum absolute atomic E-state index is 13.1. The van der Waals surface area contributed by atoms with E-state index in [9.17, 15) is 9.90 Å². The summed E-state index contributed by atoms with van der Waals surface area (Å²) in [7, 11) is 0. The second-order valence-corrected chi connectivity index (χ2v) is 6.31. The van der Waals surface area contributed by atoms with Crippen LogP contribution in [-0.2, 0) is 0 Å². The third kappa shape index (κ3) is 3.46. The highest BCUT2D eigenvalue weighted by molar-refractivity contribution is 6.10. The predicted octanol–water partition coefficient (Wildman–Crippen LogP) is 4.33. The zero-order valence-corrected chi connectivity index (χ0v) is 14.9. The van der Waals surface area contributed by atoms with Crippen molar-refractivity contribution in [2.24, 2.45) is 0 Å². The minimum absolute atomic E-state index is 0.0210. The molecule has 0 fully saturated rings. The van der Waals surface area contributed by atoms with E-state index in [1.807, 2.05) is 48.5 Å². The molecule has 3 N–H and O–H groups in total. The van der Waals surface area contributed by atoms with E-state index in [-0.39, 0.29) is 17.5 Å². The van der Waals surface area contributed by atoms with Gasteiger partial charge in [-0.05, 0) is 41.5 Å². The molecule has 136 valence electrons. The molecule has 0 bridgehead atoms. The van der Waals surface area contributed by atoms with Gasteiger partial charge in [-0.25, -0.2) is 9.97 Å². The van der Waals surface area contributed by atoms with Crippen LogP contribution >= 0.6 is 0 Å². The molecule has 0 radical (unpaired) electrons. The van der Waals surface area contributed by atoms with Crippen molar-refractivity contribution in [3.63, 3.8) is 0 Å². The number of ketones is 1. The summed E-state index contributed by atoms with van der Waals surface area (Å²) < 4.78 is 0. The van der Waals surface area contributed by atoms with Crippen molar-refractivity contribution in [3.8, 4) is 28.1 Å². The van der Waals surface area contributed by atoms with Crippen LogP contribution in [0.2, 0.25) is 0 Å². The number of hydrogen-bond donors (Lipinski definition) is 2. The number of benzene rings is 3. The van der Waals surface area contributed by atoms with Crippen LogP contribution in [0.25, 0.3) is 22.4 Å². The van der Waals surface area contributed by atoms with E-state index in [1.54, 1.807) is 24.3 Å². The minimum Gasteiger partial charge on any atom is -0.507 e. The highest BCUT2D eigenvalue weighted by Crippen LogP contribution is 2.30. The Hall–Kier alpha value is -3.99. The molecule has 0 aliphatic rings. The van der Waals surface area contributed by atoms with Gasteiger partial charge in [0.1, 0.15) is 5.75 Å². The fourth-order valence-electron chi connectivity index (χ4n) is 3.04. The summed E-state index contributed by atoms with van der Waals surface area (Å²) in [6.45, 7) is 0. The van der Waals surface area contributed by atoms with Crippen LogP contribution in [0.4, 0.5) is 5.95 Å². The van der Waals surface area contributed by atoms with E-state index in [0.29, 0.717) is 22.4 Å². The van der Waals surface area contributed by atoms with Crippen molar-refractivity contribution in [3.05, 3.63) is 96.2 Å². The Balaban J connectivity index is 1.72. The number of carbonyl (C=O) groups is 1. The van der Waals surface area contributed by atoms with Crippen molar-refractivity contribution >= 4 is 11.7 Å². The first kappa shape index (κ1) is 17.4. The van der Waals surface area contributed by atoms with Gasteiger partial charge < -0.3 is 10.8 Å². The molecule has 28 heavy (non-hydrogen) atoms. The molecule has 0 saturated carbocycles. The number of hydrogen-bond acceptors (Lipinski definition) is 5. The van der Waals surface area contributed by atoms with E-state index in [4.69, 9.17) is 5.73 Å². The number of nitrogens with two attached hydrogens (primary N) is 1. The van der Waals surface area contributed by atoms with Gasteiger partial charge in [-0.2, -0.15) is 0 Å². The molecular weight excluding hydrogens is 350 g/mol. The van der Waals surface area contributed by atoms with E-state index in [1.165, 1.54) is 12.3 Å². The Morgan fingerprint density at radius 3 is 2.36 bits per heavy atom. The van der Waals surface area contributed by atoms with Crippen LogP contribution < -0.4 is 5.73 Å². The smallest absolute Gasteiger partial charge is 0.220 e. The largest absolute Gasteiger partial charge is 0.507 e. The van der Waals surface area contributed by atoms with Crippen LogP contribution in [0.15, 0.2) is 85.1 Å². The number of nitrogen functional groups attached to an aromatic ring is 1. The molecule has 5 heteroatoms. The van der Waals surface area contributed by atoms with Crippen molar-refractivity contribution < 1.29 is 9.90 Å².